The quantitative estimate of drug-likeness (QED) is 0.906. The molecule has 0 unspecified atom stereocenters. The van der Waals surface area contributed by atoms with Crippen molar-refractivity contribution in [2.45, 2.75) is 0 Å². The summed E-state index contributed by atoms with van der Waals surface area (Å²) in [6, 6.07) is 14.7. The average Bonchev–Trinajstić information content (AvgIpc) is 2.38. The van der Waals surface area contributed by atoms with Gasteiger partial charge in [-0.05, 0) is 30.3 Å². The maximum atomic E-state index is 9.06. The fourth-order valence-corrected chi connectivity index (χ4v) is 1.76. The predicted molar refractivity (Wildman–Crippen MR) is 72.4 cm³/mol. The van der Waals surface area contributed by atoms with Crippen LogP contribution in [0.1, 0.15) is 5.56 Å². The van der Waals surface area contributed by atoms with Crippen LogP contribution in [0.3, 0.4) is 0 Å². The second-order valence-corrected chi connectivity index (χ2v) is 4.10. The van der Waals surface area contributed by atoms with Crippen LogP contribution in [0.25, 0.3) is 0 Å². The normalized spacial score (nSPS) is 9.61. The molecule has 0 saturated carbocycles. The van der Waals surface area contributed by atoms with Gasteiger partial charge in [0.2, 0.25) is 0 Å². The molecule has 0 aromatic heterocycles. The van der Waals surface area contributed by atoms with Crippen molar-refractivity contribution in [2.24, 2.45) is 0 Å². The number of methoxy groups -OCH3 is 1. The van der Waals surface area contributed by atoms with E-state index in [9.17, 15) is 0 Å². The number of rotatable bonds is 3. The maximum absolute atomic E-state index is 9.06. The van der Waals surface area contributed by atoms with Crippen LogP contribution in [0.15, 0.2) is 42.5 Å². The van der Waals surface area contributed by atoms with E-state index in [0.717, 1.165) is 5.69 Å². The number of benzene rings is 2. The molecule has 0 aliphatic heterocycles. The summed E-state index contributed by atoms with van der Waals surface area (Å²) in [5.41, 5.74) is 2.07. The lowest BCUT2D eigenvalue weighted by Gasteiger charge is -2.10. The Morgan fingerprint density at radius 3 is 2.72 bits per heavy atom. The third-order valence-electron chi connectivity index (χ3n) is 2.45. The van der Waals surface area contributed by atoms with E-state index in [0.29, 0.717) is 22.0 Å². The van der Waals surface area contributed by atoms with Crippen LogP contribution in [0.2, 0.25) is 5.02 Å². The van der Waals surface area contributed by atoms with Crippen molar-refractivity contribution in [1.82, 2.24) is 0 Å². The Hall–Kier alpha value is -2.18. The van der Waals surface area contributed by atoms with Gasteiger partial charge in [0.25, 0.3) is 0 Å². The largest absolute Gasteiger partial charge is 0.497 e. The highest BCUT2D eigenvalue weighted by Gasteiger charge is 2.04. The first-order valence-corrected chi connectivity index (χ1v) is 5.71. The van der Waals surface area contributed by atoms with E-state index in [1.54, 1.807) is 37.4 Å². The van der Waals surface area contributed by atoms with Crippen LogP contribution in [0.4, 0.5) is 11.4 Å². The Morgan fingerprint density at radius 2 is 2.06 bits per heavy atom. The zero-order valence-electron chi connectivity index (χ0n) is 9.77. The molecule has 18 heavy (non-hydrogen) atoms. The van der Waals surface area contributed by atoms with E-state index in [1.807, 2.05) is 12.1 Å². The molecule has 0 radical (unpaired) electrons. The maximum Gasteiger partial charge on any atom is 0.121 e. The van der Waals surface area contributed by atoms with Gasteiger partial charge in [-0.3, -0.25) is 0 Å². The molecule has 0 bridgehead atoms. The van der Waals surface area contributed by atoms with Crippen molar-refractivity contribution in [3.63, 3.8) is 0 Å². The van der Waals surface area contributed by atoms with Gasteiger partial charge < -0.3 is 10.1 Å². The molecule has 0 aliphatic carbocycles. The summed E-state index contributed by atoms with van der Waals surface area (Å²) < 4.78 is 5.14. The van der Waals surface area contributed by atoms with E-state index in [1.165, 1.54) is 0 Å². The minimum absolute atomic E-state index is 0.552. The number of nitrogens with one attached hydrogen (secondary N) is 1. The van der Waals surface area contributed by atoms with Crippen molar-refractivity contribution < 1.29 is 4.74 Å². The Bertz CT molecular complexity index is 605. The highest BCUT2D eigenvalue weighted by atomic mass is 35.5. The molecule has 0 fully saturated rings. The monoisotopic (exact) mass is 258 g/mol. The summed E-state index contributed by atoms with van der Waals surface area (Å²) in [5, 5.41) is 12.8. The standard InChI is InChI=1S/C14H11ClN2O/c1-18-13-6-5-10(9-16)14(8-13)17-12-4-2-3-11(15)7-12/h2-8,17H,1H3. The average molecular weight is 259 g/mol. The Kier molecular flexibility index (Phi) is 3.71. The van der Waals surface area contributed by atoms with Gasteiger partial charge in [-0.25, -0.2) is 0 Å². The molecule has 1 N–H and O–H groups in total. The van der Waals surface area contributed by atoms with Gasteiger partial charge in [0, 0.05) is 16.8 Å². The molecule has 0 spiro atoms. The Morgan fingerprint density at radius 1 is 1.22 bits per heavy atom. The van der Waals surface area contributed by atoms with Crippen LogP contribution in [0.5, 0.6) is 5.75 Å². The van der Waals surface area contributed by atoms with E-state index in [4.69, 9.17) is 21.6 Å². The van der Waals surface area contributed by atoms with E-state index < -0.39 is 0 Å². The van der Waals surface area contributed by atoms with Gasteiger partial charge in [-0.2, -0.15) is 5.26 Å². The van der Waals surface area contributed by atoms with Gasteiger partial charge in [0.15, 0.2) is 0 Å². The van der Waals surface area contributed by atoms with Crippen molar-refractivity contribution in [3.05, 3.63) is 53.1 Å². The van der Waals surface area contributed by atoms with Gasteiger partial charge in [0.1, 0.15) is 11.8 Å². The number of hydrogen-bond donors (Lipinski definition) is 1. The molecular weight excluding hydrogens is 248 g/mol. The van der Waals surface area contributed by atoms with Crippen molar-refractivity contribution >= 4 is 23.0 Å². The third-order valence-corrected chi connectivity index (χ3v) is 2.69. The number of hydrogen-bond acceptors (Lipinski definition) is 3. The zero-order chi connectivity index (χ0) is 13.0. The fourth-order valence-electron chi connectivity index (χ4n) is 1.57. The highest BCUT2D eigenvalue weighted by molar-refractivity contribution is 6.30. The molecule has 4 heteroatoms. The molecule has 2 aromatic carbocycles. The summed E-state index contributed by atoms with van der Waals surface area (Å²) in [5.74, 6) is 0.693. The lowest BCUT2D eigenvalue weighted by atomic mass is 10.1. The van der Waals surface area contributed by atoms with E-state index in [-0.39, 0.29) is 0 Å². The molecular formula is C14H11ClN2O. The Balaban J connectivity index is 2.36. The highest BCUT2D eigenvalue weighted by Crippen LogP contribution is 2.26. The topological polar surface area (TPSA) is 45.0 Å². The van der Waals surface area contributed by atoms with Crippen LogP contribution in [-0.4, -0.2) is 7.11 Å². The van der Waals surface area contributed by atoms with Crippen LogP contribution in [0, 0.1) is 11.3 Å². The fraction of sp³-hybridized carbons (Fsp3) is 0.0714. The smallest absolute Gasteiger partial charge is 0.121 e. The molecule has 3 nitrogen and oxygen atoms in total. The lowest BCUT2D eigenvalue weighted by molar-refractivity contribution is 0.415. The van der Waals surface area contributed by atoms with Crippen LogP contribution < -0.4 is 10.1 Å². The van der Waals surface area contributed by atoms with E-state index >= 15 is 0 Å². The number of halogens is 1. The SMILES string of the molecule is COc1ccc(C#N)c(Nc2cccc(Cl)c2)c1. The molecule has 90 valence electrons. The minimum Gasteiger partial charge on any atom is -0.497 e. The zero-order valence-corrected chi connectivity index (χ0v) is 10.5. The van der Waals surface area contributed by atoms with Crippen molar-refractivity contribution in [3.8, 4) is 11.8 Å². The van der Waals surface area contributed by atoms with Crippen molar-refractivity contribution in [2.75, 3.05) is 12.4 Å². The van der Waals surface area contributed by atoms with Gasteiger partial charge in [0.05, 0.1) is 18.4 Å². The third kappa shape index (κ3) is 2.73. The predicted octanol–water partition coefficient (Wildman–Crippen LogP) is 3.96. The first-order valence-electron chi connectivity index (χ1n) is 5.33. The minimum atomic E-state index is 0.552. The molecule has 0 atom stereocenters. The number of nitrogens with zero attached hydrogens (tertiary/aromatic N) is 1. The van der Waals surface area contributed by atoms with E-state index in [2.05, 4.69) is 11.4 Å². The summed E-state index contributed by atoms with van der Waals surface area (Å²) in [4.78, 5) is 0. The van der Waals surface area contributed by atoms with Gasteiger partial charge >= 0.3 is 0 Å². The summed E-state index contributed by atoms with van der Waals surface area (Å²) >= 11 is 5.91. The molecule has 0 amide bonds. The number of ether oxygens (including phenoxy) is 1. The van der Waals surface area contributed by atoms with Gasteiger partial charge in [-0.1, -0.05) is 17.7 Å². The van der Waals surface area contributed by atoms with Crippen molar-refractivity contribution in [1.29, 1.82) is 5.26 Å². The first-order chi connectivity index (χ1) is 8.72. The number of anilines is 2. The molecule has 0 saturated heterocycles. The molecule has 0 aliphatic rings. The molecule has 2 aromatic rings. The van der Waals surface area contributed by atoms with Gasteiger partial charge in [-0.15, -0.1) is 0 Å². The summed E-state index contributed by atoms with van der Waals surface area (Å²) in [6.45, 7) is 0. The lowest BCUT2D eigenvalue weighted by Crippen LogP contribution is -1.94. The molecule has 2 rings (SSSR count). The second kappa shape index (κ2) is 5.44. The summed E-state index contributed by atoms with van der Waals surface area (Å²) in [7, 11) is 1.59. The number of nitriles is 1. The first kappa shape index (κ1) is 12.3. The summed E-state index contributed by atoms with van der Waals surface area (Å²) in [6.07, 6.45) is 0. The molecule has 0 heterocycles. The van der Waals surface area contributed by atoms with Crippen LogP contribution >= 0.6 is 11.6 Å². The van der Waals surface area contributed by atoms with Crippen LogP contribution in [-0.2, 0) is 0 Å². The Labute approximate surface area is 111 Å². The second-order valence-electron chi connectivity index (χ2n) is 3.66.